The third-order valence-corrected chi connectivity index (χ3v) is 3.52. The molecule has 1 aromatic heterocycles. The average molecular weight is 283 g/mol. The summed E-state index contributed by atoms with van der Waals surface area (Å²) in [5, 5.41) is 10.8. The molecule has 102 valence electrons. The Bertz CT molecular complexity index is 505. The molecule has 6 heteroatoms. The molecular formula is C13H15ClN2O3. The summed E-state index contributed by atoms with van der Waals surface area (Å²) in [5.41, 5.74) is -0.105. The predicted molar refractivity (Wildman–Crippen MR) is 72.4 cm³/mol. The number of nitrogens with zero attached hydrogens (tertiary/aromatic N) is 2. The van der Waals surface area contributed by atoms with Crippen molar-refractivity contribution in [2.24, 2.45) is 11.8 Å². The molecule has 1 aliphatic rings. The van der Waals surface area contributed by atoms with Crippen LogP contribution < -0.4 is 4.74 Å². The smallest absolute Gasteiger partial charge is 0.277 e. The van der Waals surface area contributed by atoms with Crippen LogP contribution in [0, 0.1) is 22.0 Å². The highest BCUT2D eigenvalue weighted by Crippen LogP contribution is 2.27. The van der Waals surface area contributed by atoms with E-state index in [-0.39, 0.29) is 16.7 Å². The van der Waals surface area contributed by atoms with Gasteiger partial charge in [-0.15, -0.1) is 0 Å². The standard InChI is InChI=1S/C13H15ClN2O3/c1-9-4-2-3-5-10(9)8-19-13-7-11(16(17)18)6-12(14)15-13/h2-3,6-7,9-10H,4-5,8H2,1H3. The van der Waals surface area contributed by atoms with Crippen molar-refractivity contribution in [3.63, 3.8) is 0 Å². The molecule has 0 bridgehead atoms. The van der Waals surface area contributed by atoms with E-state index in [0.29, 0.717) is 18.4 Å². The zero-order valence-electron chi connectivity index (χ0n) is 10.6. The van der Waals surface area contributed by atoms with Crippen LogP contribution >= 0.6 is 11.6 Å². The Balaban J connectivity index is 2.03. The maximum atomic E-state index is 10.7. The quantitative estimate of drug-likeness (QED) is 0.366. The number of hydrogen-bond donors (Lipinski definition) is 0. The summed E-state index contributed by atoms with van der Waals surface area (Å²) in [7, 11) is 0. The van der Waals surface area contributed by atoms with Gasteiger partial charge in [-0.05, 0) is 24.7 Å². The van der Waals surface area contributed by atoms with Gasteiger partial charge < -0.3 is 4.74 Å². The first-order valence-electron chi connectivity index (χ1n) is 6.16. The molecule has 1 aromatic rings. The number of hydrogen-bond acceptors (Lipinski definition) is 4. The highest BCUT2D eigenvalue weighted by molar-refractivity contribution is 6.29. The second-order valence-electron chi connectivity index (χ2n) is 4.73. The van der Waals surface area contributed by atoms with Gasteiger partial charge in [-0.1, -0.05) is 30.7 Å². The number of pyridine rings is 1. The van der Waals surface area contributed by atoms with Gasteiger partial charge in [-0.25, -0.2) is 4.98 Å². The summed E-state index contributed by atoms with van der Waals surface area (Å²) in [6.45, 7) is 2.67. The van der Waals surface area contributed by atoms with Gasteiger partial charge in [0.05, 0.1) is 23.7 Å². The normalized spacial score (nSPS) is 22.2. The van der Waals surface area contributed by atoms with Gasteiger partial charge in [0.1, 0.15) is 5.15 Å². The van der Waals surface area contributed by atoms with Crippen molar-refractivity contribution in [3.05, 3.63) is 39.6 Å². The van der Waals surface area contributed by atoms with Gasteiger partial charge in [0.2, 0.25) is 5.88 Å². The molecule has 0 saturated carbocycles. The number of halogens is 1. The Labute approximate surface area is 116 Å². The Morgan fingerprint density at radius 3 is 2.89 bits per heavy atom. The van der Waals surface area contributed by atoms with E-state index in [9.17, 15) is 10.1 Å². The van der Waals surface area contributed by atoms with E-state index in [4.69, 9.17) is 16.3 Å². The predicted octanol–water partition coefficient (Wildman–Crippen LogP) is 3.62. The molecule has 5 nitrogen and oxygen atoms in total. The fraction of sp³-hybridized carbons (Fsp3) is 0.462. The fourth-order valence-electron chi connectivity index (χ4n) is 2.07. The molecule has 1 aliphatic carbocycles. The second-order valence-corrected chi connectivity index (χ2v) is 5.12. The lowest BCUT2D eigenvalue weighted by Crippen LogP contribution is -2.21. The van der Waals surface area contributed by atoms with E-state index in [2.05, 4.69) is 24.1 Å². The topological polar surface area (TPSA) is 65.3 Å². The average Bonchev–Trinajstić information content (AvgIpc) is 2.37. The Hall–Kier alpha value is -1.62. The minimum atomic E-state index is -0.508. The zero-order valence-corrected chi connectivity index (χ0v) is 11.3. The van der Waals surface area contributed by atoms with Crippen molar-refractivity contribution in [1.29, 1.82) is 0 Å². The molecule has 2 unspecified atom stereocenters. The maximum absolute atomic E-state index is 10.7. The minimum absolute atomic E-state index is 0.0702. The number of aromatic nitrogens is 1. The van der Waals surface area contributed by atoms with Gasteiger partial charge >= 0.3 is 0 Å². The lowest BCUT2D eigenvalue weighted by atomic mass is 9.85. The summed E-state index contributed by atoms with van der Waals surface area (Å²) < 4.78 is 5.55. The van der Waals surface area contributed by atoms with Gasteiger partial charge in [0.25, 0.3) is 5.69 Å². The molecule has 1 heterocycles. The van der Waals surface area contributed by atoms with Crippen LogP contribution in [0.5, 0.6) is 5.88 Å². The lowest BCUT2D eigenvalue weighted by Gasteiger charge is -2.24. The van der Waals surface area contributed by atoms with Crippen LogP contribution in [0.25, 0.3) is 0 Å². The van der Waals surface area contributed by atoms with Crippen LogP contribution in [0.1, 0.15) is 19.8 Å². The number of nitro groups is 1. The van der Waals surface area contributed by atoms with Crippen molar-refractivity contribution in [3.8, 4) is 5.88 Å². The maximum Gasteiger partial charge on any atom is 0.277 e. The third kappa shape index (κ3) is 3.67. The van der Waals surface area contributed by atoms with Crippen molar-refractivity contribution in [2.75, 3.05) is 6.61 Å². The molecule has 2 rings (SSSR count). The van der Waals surface area contributed by atoms with Crippen molar-refractivity contribution in [1.82, 2.24) is 4.98 Å². The largest absolute Gasteiger partial charge is 0.477 e. The SMILES string of the molecule is CC1CC=CCC1COc1cc([N+](=O)[O-])cc(Cl)n1. The fourth-order valence-corrected chi connectivity index (χ4v) is 2.27. The monoisotopic (exact) mass is 282 g/mol. The molecule has 0 spiro atoms. The molecule has 0 fully saturated rings. The van der Waals surface area contributed by atoms with Crippen LogP contribution in [0.4, 0.5) is 5.69 Å². The summed E-state index contributed by atoms with van der Waals surface area (Å²) in [5.74, 6) is 1.16. The first kappa shape index (κ1) is 13.8. The van der Waals surface area contributed by atoms with Crippen molar-refractivity contribution < 1.29 is 9.66 Å². The second kappa shape index (κ2) is 6.02. The van der Waals surface area contributed by atoms with Crippen molar-refractivity contribution in [2.45, 2.75) is 19.8 Å². The van der Waals surface area contributed by atoms with Crippen LogP contribution in [0.15, 0.2) is 24.3 Å². The van der Waals surface area contributed by atoms with E-state index < -0.39 is 4.92 Å². The summed E-state index contributed by atoms with van der Waals surface area (Å²) in [6, 6.07) is 2.51. The van der Waals surface area contributed by atoms with E-state index in [1.165, 1.54) is 12.1 Å². The lowest BCUT2D eigenvalue weighted by molar-refractivity contribution is -0.385. The molecule has 0 amide bonds. The molecule has 0 aromatic carbocycles. The molecule has 0 N–H and O–H groups in total. The number of allylic oxidation sites excluding steroid dienone is 2. The molecule has 0 saturated heterocycles. The van der Waals surface area contributed by atoms with Crippen LogP contribution in [0.3, 0.4) is 0 Å². The van der Waals surface area contributed by atoms with E-state index in [1.54, 1.807) is 0 Å². The highest BCUT2D eigenvalue weighted by Gasteiger charge is 2.20. The summed E-state index contributed by atoms with van der Waals surface area (Å²) in [4.78, 5) is 14.2. The third-order valence-electron chi connectivity index (χ3n) is 3.33. The summed E-state index contributed by atoms with van der Waals surface area (Å²) >= 11 is 5.74. The van der Waals surface area contributed by atoms with Crippen LogP contribution in [0.2, 0.25) is 5.15 Å². The van der Waals surface area contributed by atoms with Crippen molar-refractivity contribution >= 4 is 17.3 Å². The van der Waals surface area contributed by atoms with E-state index >= 15 is 0 Å². The van der Waals surface area contributed by atoms with Gasteiger partial charge in [0.15, 0.2) is 0 Å². The molecular weight excluding hydrogens is 268 g/mol. The molecule has 19 heavy (non-hydrogen) atoms. The minimum Gasteiger partial charge on any atom is -0.477 e. The molecule has 0 aliphatic heterocycles. The Morgan fingerprint density at radius 2 is 2.21 bits per heavy atom. The van der Waals surface area contributed by atoms with E-state index in [1.807, 2.05) is 0 Å². The van der Waals surface area contributed by atoms with Gasteiger partial charge in [0, 0.05) is 0 Å². The van der Waals surface area contributed by atoms with Gasteiger partial charge in [-0.2, -0.15) is 0 Å². The summed E-state index contributed by atoms with van der Waals surface area (Å²) in [6.07, 6.45) is 6.31. The zero-order chi connectivity index (χ0) is 13.8. The number of ether oxygens (including phenoxy) is 1. The molecule has 2 atom stereocenters. The number of rotatable bonds is 4. The van der Waals surface area contributed by atoms with Gasteiger partial charge in [-0.3, -0.25) is 10.1 Å². The van der Waals surface area contributed by atoms with E-state index in [0.717, 1.165) is 12.8 Å². The first-order chi connectivity index (χ1) is 9.06. The first-order valence-corrected chi connectivity index (χ1v) is 6.54. The Morgan fingerprint density at radius 1 is 1.47 bits per heavy atom. The Kier molecular flexibility index (Phi) is 4.37. The van der Waals surface area contributed by atoms with Crippen LogP contribution in [-0.4, -0.2) is 16.5 Å². The highest BCUT2D eigenvalue weighted by atomic mass is 35.5. The van der Waals surface area contributed by atoms with Crippen LogP contribution in [-0.2, 0) is 0 Å². The molecule has 0 radical (unpaired) electrons.